The summed E-state index contributed by atoms with van der Waals surface area (Å²) in [4.78, 5) is 0.206. The van der Waals surface area contributed by atoms with Crippen molar-refractivity contribution in [2.24, 2.45) is 0 Å². The van der Waals surface area contributed by atoms with Crippen LogP contribution in [0.15, 0.2) is 17.0 Å². The second-order valence-electron chi connectivity index (χ2n) is 4.52. The monoisotopic (exact) mass is 316 g/mol. The molecule has 0 aliphatic carbocycles. The third kappa shape index (κ3) is 3.87. The fraction of sp³-hybridized carbons (Fsp3) is 0.571. The molecular formula is C14H24N2O4S. The minimum atomic E-state index is -3.52. The van der Waals surface area contributed by atoms with Gasteiger partial charge in [0.05, 0.1) is 19.1 Å². The van der Waals surface area contributed by atoms with Gasteiger partial charge in [0.25, 0.3) is 0 Å². The van der Waals surface area contributed by atoms with Gasteiger partial charge in [-0.15, -0.1) is 0 Å². The summed E-state index contributed by atoms with van der Waals surface area (Å²) < 4.78 is 36.8. The number of rotatable bonds is 8. The van der Waals surface area contributed by atoms with Crippen LogP contribution in [0.5, 0.6) is 11.5 Å². The number of hydrogen-bond donors (Lipinski definition) is 1. The number of nitrogens with one attached hydrogen (secondary N) is 1. The maximum Gasteiger partial charge on any atom is 0.242 e. The van der Waals surface area contributed by atoms with Crippen molar-refractivity contribution in [1.82, 2.24) is 9.62 Å². The molecule has 6 nitrogen and oxygen atoms in total. The standard InChI is InChI=1S/C14H24N2O4S/c1-6-15-10-11-8-12(21(17,18)16(3)7-2)9-13(19-4)14(11)20-5/h8-9,15H,6-7,10H2,1-5H3. The molecule has 7 heteroatoms. The van der Waals surface area contributed by atoms with Gasteiger partial charge in [-0.1, -0.05) is 13.8 Å². The summed E-state index contributed by atoms with van der Waals surface area (Å²) in [5, 5.41) is 3.17. The molecule has 0 unspecified atom stereocenters. The largest absolute Gasteiger partial charge is 0.493 e. The van der Waals surface area contributed by atoms with Gasteiger partial charge in [0.1, 0.15) is 0 Å². The van der Waals surface area contributed by atoms with Crippen molar-refractivity contribution in [1.29, 1.82) is 0 Å². The Hall–Kier alpha value is -1.31. The van der Waals surface area contributed by atoms with E-state index in [9.17, 15) is 8.42 Å². The maximum atomic E-state index is 12.5. The van der Waals surface area contributed by atoms with Crippen molar-refractivity contribution in [2.75, 3.05) is 34.4 Å². The van der Waals surface area contributed by atoms with E-state index in [1.165, 1.54) is 17.5 Å². The Morgan fingerprint density at radius 1 is 1.19 bits per heavy atom. The van der Waals surface area contributed by atoms with E-state index >= 15 is 0 Å². The maximum absolute atomic E-state index is 12.5. The summed E-state index contributed by atoms with van der Waals surface area (Å²) in [5.41, 5.74) is 0.752. The van der Waals surface area contributed by atoms with Crippen LogP contribution in [0.1, 0.15) is 19.4 Å². The molecule has 0 aliphatic rings. The van der Waals surface area contributed by atoms with E-state index in [2.05, 4.69) is 5.32 Å². The summed E-state index contributed by atoms with van der Waals surface area (Å²) in [6, 6.07) is 3.13. The minimum absolute atomic E-state index is 0.206. The van der Waals surface area contributed by atoms with Gasteiger partial charge >= 0.3 is 0 Å². The summed E-state index contributed by atoms with van der Waals surface area (Å²) >= 11 is 0. The van der Waals surface area contributed by atoms with Crippen LogP contribution in [0.2, 0.25) is 0 Å². The highest BCUT2D eigenvalue weighted by molar-refractivity contribution is 7.89. The van der Waals surface area contributed by atoms with Crippen molar-refractivity contribution in [3.05, 3.63) is 17.7 Å². The quantitative estimate of drug-likeness (QED) is 0.786. The van der Waals surface area contributed by atoms with Crippen LogP contribution in [-0.4, -0.2) is 47.1 Å². The Morgan fingerprint density at radius 2 is 1.86 bits per heavy atom. The molecule has 0 atom stereocenters. The van der Waals surface area contributed by atoms with Crippen molar-refractivity contribution in [2.45, 2.75) is 25.3 Å². The average molecular weight is 316 g/mol. The Kier molecular flexibility index (Phi) is 6.44. The third-order valence-electron chi connectivity index (χ3n) is 3.25. The predicted octanol–water partition coefficient (Wildman–Crippen LogP) is 1.45. The SMILES string of the molecule is CCNCc1cc(S(=O)(=O)N(C)CC)cc(OC)c1OC. The molecule has 0 fully saturated rings. The van der Waals surface area contributed by atoms with Gasteiger partial charge in [-0.05, 0) is 12.6 Å². The highest BCUT2D eigenvalue weighted by Gasteiger charge is 2.23. The van der Waals surface area contributed by atoms with E-state index in [4.69, 9.17) is 9.47 Å². The lowest BCUT2D eigenvalue weighted by Gasteiger charge is -2.19. The molecule has 1 aromatic carbocycles. The summed E-state index contributed by atoms with van der Waals surface area (Å²) in [6.45, 7) is 5.46. The molecule has 1 N–H and O–H groups in total. The van der Waals surface area contributed by atoms with Crippen molar-refractivity contribution in [3.8, 4) is 11.5 Å². The molecule has 0 heterocycles. The van der Waals surface area contributed by atoms with Crippen LogP contribution < -0.4 is 14.8 Å². The van der Waals surface area contributed by atoms with Crippen LogP contribution in [0.3, 0.4) is 0 Å². The summed E-state index contributed by atoms with van der Waals surface area (Å²) in [5.74, 6) is 0.965. The first kappa shape index (κ1) is 17.7. The fourth-order valence-corrected chi connectivity index (χ4v) is 3.15. The van der Waals surface area contributed by atoms with E-state index < -0.39 is 10.0 Å². The first-order valence-corrected chi connectivity index (χ1v) is 8.28. The van der Waals surface area contributed by atoms with Crippen molar-refractivity contribution >= 4 is 10.0 Å². The van der Waals surface area contributed by atoms with Crippen molar-refractivity contribution < 1.29 is 17.9 Å². The van der Waals surface area contributed by atoms with Crippen LogP contribution in [-0.2, 0) is 16.6 Å². The van der Waals surface area contributed by atoms with Gasteiger partial charge < -0.3 is 14.8 Å². The molecule has 0 spiro atoms. The second kappa shape index (κ2) is 7.63. The molecule has 0 saturated carbocycles. The molecule has 0 aliphatic heterocycles. The van der Waals surface area contributed by atoms with Crippen LogP contribution >= 0.6 is 0 Å². The predicted molar refractivity (Wildman–Crippen MR) is 82.4 cm³/mol. The first-order valence-electron chi connectivity index (χ1n) is 6.84. The molecule has 1 aromatic rings. The van der Waals surface area contributed by atoms with Crippen LogP contribution in [0.25, 0.3) is 0 Å². The third-order valence-corrected chi connectivity index (χ3v) is 5.16. The molecule has 0 bridgehead atoms. The van der Waals surface area contributed by atoms with Gasteiger partial charge in [0.15, 0.2) is 11.5 Å². The van der Waals surface area contributed by atoms with Gasteiger partial charge in [-0.25, -0.2) is 12.7 Å². The molecule has 1 rings (SSSR count). The molecular weight excluding hydrogens is 292 g/mol. The minimum Gasteiger partial charge on any atom is -0.493 e. The lowest BCUT2D eigenvalue weighted by atomic mass is 10.2. The molecule has 0 radical (unpaired) electrons. The Balaban J connectivity index is 3.41. The van der Waals surface area contributed by atoms with E-state index in [1.54, 1.807) is 27.1 Å². The molecule has 0 saturated heterocycles. The topological polar surface area (TPSA) is 67.9 Å². The summed E-state index contributed by atoms with van der Waals surface area (Å²) in [7, 11) is 1.06. The summed E-state index contributed by atoms with van der Waals surface area (Å²) in [6.07, 6.45) is 0. The Morgan fingerprint density at radius 3 is 2.33 bits per heavy atom. The number of benzene rings is 1. The Labute approximate surface area is 127 Å². The highest BCUT2D eigenvalue weighted by atomic mass is 32.2. The Bertz CT molecular complexity index is 573. The van der Waals surface area contributed by atoms with Crippen LogP contribution in [0.4, 0.5) is 0 Å². The van der Waals surface area contributed by atoms with Gasteiger partial charge in [0.2, 0.25) is 10.0 Å². The van der Waals surface area contributed by atoms with Crippen LogP contribution in [0, 0.1) is 0 Å². The zero-order chi connectivity index (χ0) is 16.0. The van der Waals surface area contributed by atoms with Gasteiger partial charge in [0, 0.05) is 31.8 Å². The molecule has 21 heavy (non-hydrogen) atoms. The molecule has 120 valence electrons. The number of nitrogens with zero attached hydrogens (tertiary/aromatic N) is 1. The lowest BCUT2D eigenvalue weighted by molar-refractivity contribution is 0.349. The van der Waals surface area contributed by atoms with E-state index in [1.807, 2.05) is 6.92 Å². The molecule has 0 amide bonds. The number of ether oxygens (including phenoxy) is 2. The first-order chi connectivity index (χ1) is 9.92. The smallest absolute Gasteiger partial charge is 0.242 e. The fourth-order valence-electron chi connectivity index (χ4n) is 1.91. The lowest BCUT2D eigenvalue weighted by Crippen LogP contribution is -2.27. The van der Waals surface area contributed by atoms with Crippen molar-refractivity contribution in [3.63, 3.8) is 0 Å². The average Bonchev–Trinajstić information content (AvgIpc) is 2.50. The van der Waals surface area contributed by atoms with E-state index in [0.717, 1.165) is 12.1 Å². The zero-order valence-electron chi connectivity index (χ0n) is 13.3. The van der Waals surface area contributed by atoms with Gasteiger partial charge in [-0.2, -0.15) is 0 Å². The normalized spacial score (nSPS) is 11.7. The second-order valence-corrected chi connectivity index (χ2v) is 6.56. The number of hydrogen-bond acceptors (Lipinski definition) is 5. The van der Waals surface area contributed by atoms with E-state index in [-0.39, 0.29) is 4.90 Å². The molecule has 0 aromatic heterocycles. The number of sulfonamides is 1. The van der Waals surface area contributed by atoms with E-state index in [0.29, 0.717) is 24.6 Å². The van der Waals surface area contributed by atoms with Gasteiger partial charge in [-0.3, -0.25) is 0 Å². The number of methoxy groups -OCH3 is 2. The zero-order valence-corrected chi connectivity index (χ0v) is 14.1. The highest BCUT2D eigenvalue weighted by Crippen LogP contribution is 2.34.